The number of amides is 1. The van der Waals surface area contributed by atoms with Crippen LogP contribution in [0.15, 0.2) is 0 Å². The zero-order chi connectivity index (χ0) is 14.6. The minimum absolute atomic E-state index is 0. The van der Waals surface area contributed by atoms with Crippen LogP contribution in [0.1, 0.15) is 39.5 Å². The lowest BCUT2D eigenvalue weighted by atomic mass is 9.80. The smallest absolute Gasteiger partial charge is 0.309 e. The number of carbonyl (C=O) groups excluding carboxylic acids is 2. The monoisotopic (exact) mass is 318 g/mol. The number of hydrogen-bond donors (Lipinski definition) is 1. The Balaban J connectivity index is 0.00000220. The van der Waals surface area contributed by atoms with E-state index in [1.54, 1.807) is 0 Å². The summed E-state index contributed by atoms with van der Waals surface area (Å²) in [6.45, 7) is 7.45. The van der Waals surface area contributed by atoms with Gasteiger partial charge >= 0.3 is 5.97 Å². The normalized spacial score (nSPS) is 26.9. The van der Waals surface area contributed by atoms with Gasteiger partial charge in [-0.15, -0.1) is 12.4 Å². The van der Waals surface area contributed by atoms with Gasteiger partial charge in [-0.05, 0) is 46.1 Å². The van der Waals surface area contributed by atoms with Crippen LogP contribution in [0.5, 0.6) is 0 Å². The van der Waals surface area contributed by atoms with Crippen molar-refractivity contribution in [2.75, 3.05) is 32.8 Å². The number of carbonyl (C=O) groups is 2. The third-order valence-electron chi connectivity index (χ3n) is 4.52. The van der Waals surface area contributed by atoms with E-state index in [1.807, 2.05) is 11.8 Å². The average molecular weight is 319 g/mol. The molecule has 21 heavy (non-hydrogen) atoms. The summed E-state index contributed by atoms with van der Waals surface area (Å²) in [7, 11) is 0. The fourth-order valence-corrected chi connectivity index (χ4v) is 3.20. The van der Waals surface area contributed by atoms with Crippen LogP contribution in [0.3, 0.4) is 0 Å². The molecule has 2 aliphatic heterocycles. The maximum Gasteiger partial charge on any atom is 0.309 e. The molecule has 0 aromatic rings. The van der Waals surface area contributed by atoms with Crippen molar-refractivity contribution in [3.63, 3.8) is 0 Å². The lowest BCUT2D eigenvalue weighted by Gasteiger charge is -2.40. The van der Waals surface area contributed by atoms with Gasteiger partial charge in [-0.1, -0.05) is 0 Å². The predicted octanol–water partition coefficient (Wildman–Crippen LogP) is 1.60. The molecule has 2 aliphatic rings. The highest BCUT2D eigenvalue weighted by Gasteiger charge is 2.39. The van der Waals surface area contributed by atoms with Crippen LogP contribution in [0, 0.1) is 11.3 Å². The van der Waals surface area contributed by atoms with Gasteiger partial charge in [0.1, 0.15) is 0 Å². The van der Waals surface area contributed by atoms with Crippen molar-refractivity contribution in [3.8, 4) is 0 Å². The van der Waals surface area contributed by atoms with Gasteiger partial charge < -0.3 is 15.0 Å². The Labute approximate surface area is 133 Å². The molecule has 1 atom stereocenters. The van der Waals surface area contributed by atoms with E-state index >= 15 is 0 Å². The van der Waals surface area contributed by atoms with Gasteiger partial charge in [0, 0.05) is 19.6 Å². The second kappa shape index (κ2) is 7.99. The Bertz CT molecular complexity index is 362. The highest BCUT2D eigenvalue weighted by Crippen LogP contribution is 2.30. The molecule has 2 saturated heterocycles. The summed E-state index contributed by atoms with van der Waals surface area (Å²) in [5, 5.41) is 3.32. The third-order valence-corrected chi connectivity index (χ3v) is 4.52. The molecule has 2 fully saturated rings. The molecule has 0 aromatic carbocycles. The zero-order valence-corrected chi connectivity index (χ0v) is 13.8. The first-order valence-electron chi connectivity index (χ1n) is 7.73. The lowest BCUT2D eigenvalue weighted by Crippen LogP contribution is -2.52. The van der Waals surface area contributed by atoms with Gasteiger partial charge in [0.05, 0.1) is 17.9 Å². The number of ether oxygens (including phenoxy) is 1. The summed E-state index contributed by atoms with van der Waals surface area (Å²) in [5.74, 6) is 0.105. The van der Waals surface area contributed by atoms with Crippen molar-refractivity contribution in [1.29, 1.82) is 0 Å². The highest BCUT2D eigenvalue weighted by molar-refractivity contribution is 5.85. The van der Waals surface area contributed by atoms with Crippen LogP contribution in [0.4, 0.5) is 0 Å². The molecular weight excluding hydrogens is 292 g/mol. The standard InChI is InChI=1S/C15H26N2O3.ClH/c1-3-20-13(18)12-5-9-17(10-6-12)14(19)15(2)7-4-8-16-11-15;/h12,16H,3-11H2,1-2H3;1H. The fourth-order valence-electron chi connectivity index (χ4n) is 3.20. The Morgan fingerprint density at radius 3 is 2.52 bits per heavy atom. The average Bonchev–Trinajstić information content (AvgIpc) is 2.48. The minimum atomic E-state index is -0.269. The number of likely N-dealkylation sites (tertiary alicyclic amines) is 1. The quantitative estimate of drug-likeness (QED) is 0.803. The topological polar surface area (TPSA) is 58.6 Å². The van der Waals surface area contributed by atoms with Crippen LogP contribution in [0.2, 0.25) is 0 Å². The number of esters is 1. The molecule has 0 bridgehead atoms. The molecule has 0 radical (unpaired) electrons. The summed E-state index contributed by atoms with van der Waals surface area (Å²) in [6, 6.07) is 0. The maximum atomic E-state index is 12.6. The molecule has 5 nitrogen and oxygen atoms in total. The summed E-state index contributed by atoms with van der Waals surface area (Å²) in [4.78, 5) is 26.3. The van der Waals surface area contributed by atoms with E-state index in [0.29, 0.717) is 19.7 Å². The minimum Gasteiger partial charge on any atom is -0.466 e. The molecule has 1 amide bonds. The number of hydrogen-bond acceptors (Lipinski definition) is 4. The summed E-state index contributed by atoms with van der Waals surface area (Å²) < 4.78 is 5.06. The van der Waals surface area contributed by atoms with Gasteiger partial charge in [0.2, 0.25) is 5.91 Å². The van der Waals surface area contributed by atoms with Crippen LogP contribution in [-0.2, 0) is 14.3 Å². The molecule has 1 N–H and O–H groups in total. The van der Waals surface area contributed by atoms with Gasteiger partial charge in [-0.3, -0.25) is 9.59 Å². The SMILES string of the molecule is CCOC(=O)C1CCN(C(=O)C2(C)CCCNC2)CC1.Cl. The van der Waals surface area contributed by atoms with Crippen molar-refractivity contribution >= 4 is 24.3 Å². The van der Waals surface area contributed by atoms with E-state index in [0.717, 1.165) is 38.8 Å². The van der Waals surface area contributed by atoms with E-state index in [9.17, 15) is 9.59 Å². The van der Waals surface area contributed by atoms with Crippen molar-refractivity contribution < 1.29 is 14.3 Å². The Kier molecular flexibility index (Phi) is 6.94. The number of rotatable bonds is 3. The van der Waals surface area contributed by atoms with Crippen molar-refractivity contribution in [3.05, 3.63) is 0 Å². The Morgan fingerprint density at radius 2 is 2.00 bits per heavy atom. The second-order valence-electron chi connectivity index (χ2n) is 6.16. The number of nitrogens with one attached hydrogen (secondary N) is 1. The van der Waals surface area contributed by atoms with E-state index in [4.69, 9.17) is 4.74 Å². The molecule has 1 unspecified atom stereocenters. The van der Waals surface area contributed by atoms with Crippen molar-refractivity contribution in [2.45, 2.75) is 39.5 Å². The summed E-state index contributed by atoms with van der Waals surface area (Å²) in [5.41, 5.74) is -0.269. The molecule has 122 valence electrons. The van der Waals surface area contributed by atoms with Crippen LogP contribution in [-0.4, -0.2) is 49.6 Å². The van der Waals surface area contributed by atoms with Crippen LogP contribution < -0.4 is 5.32 Å². The van der Waals surface area contributed by atoms with E-state index in [-0.39, 0.29) is 35.6 Å². The fraction of sp³-hybridized carbons (Fsp3) is 0.867. The van der Waals surface area contributed by atoms with E-state index < -0.39 is 0 Å². The Morgan fingerprint density at radius 1 is 1.33 bits per heavy atom. The van der Waals surface area contributed by atoms with Gasteiger partial charge in [-0.25, -0.2) is 0 Å². The van der Waals surface area contributed by atoms with Crippen molar-refractivity contribution in [1.82, 2.24) is 10.2 Å². The molecule has 2 heterocycles. The van der Waals surface area contributed by atoms with Crippen LogP contribution in [0.25, 0.3) is 0 Å². The zero-order valence-electron chi connectivity index (χ0n) is 13.0. The van der Waals surface area contributed by atoms with Gasteiger partial charge in [0.25, 0.3) is 0 Å². The molecule has 0 aliphatic carbocycles. The predicted molar refractivity (Wildman–Crippen MR) is 83.4 cm³/mol. The number of piperidine rings is 2. The molecular formula is C15H27ClN2O3. The first kappa shape index (κ1) is 18.2. The summed E-state index contributed by atoms with van der Waals surface area (Å²) >= 11 is 0. The van der Waals surface area contributed by atoms with E-state index in [1.165, 1.54) is 0 Å². The lowest BCUT2D eigenvalue weighted by molar-refractivity contribution is -0.153. The number of nitrogens with zero attached hydrogens (tertiary/aromatic N) is 1. The van der Waals surface area contributed by atoms with E-state index in [2.05, 4.69) is 12.2 Å². The van der Waals surface area contributed by atoms with Gasteiger partial charge in [-0.2, -0.15) is 0 Å². The Hall–Kier alpha value is -0.810. The first-order chi connectivity index (χ1) is 9.57. The van der Waals surface area contributed by atoms with Crippen molar-refractivity contribution in [2.24, 2.45) is 11.3 Å². The highest BCUT2D eigenvalue weighted by atomic mass is 35.5. The van der Waals surface area contributed by atoms with Gasteiger partial charge in [0.15, 0.2) is 0 Å². The molecule has 6 heteroatoms. The molecule has 0 saturated carbocycles. The second-order valence-corrected chi connectivity index (χ2v) is 6.16. The summed E-state index contributed by atoms with van der Waals surface area (Å²) in [6.07, 6.45) is 3.47. The largest absolute Gasteiger partial charge is 0.466 e. The first-order valence-corrected chi connectivity index (χ1v) is 7.73. The number of halogens is 1. The maximum absolute atomic E-state index is 12.6. The third kappa shape index (κ3) is 4.33. The molecule has 0 aromatic heterocycles. The van der Waals surface area contributed by atoms with Crippen LogP contribution >= 0.6 is 12.4 Å². The molecule has 2 rings (SSSR count). The molecule has 0 spiro atoms.